The predicted octanol–water partition coefficient (Wildman–Crippen LogP) is 3.84. The fourth-order valence-electron chi connectivity index (χ4n) is 5.37. The van der Waals surface area contributed by atoms with Crippen molar-refractivity contribution in [2.75, 3.05) is 25.5 Å². The number of nitrogens with one attached hydrogen (secondary N) is 3. The van der Waals surface area contributed by atoms with E-state index in [9.17, 15) is 9.59 Å². The van der Waals surface area contributed by atoms with Crippen LogP contribution in [-0.4, -0.2) is 63.4 Å². The van der Waals surface area contributed by atoms with E-state index in [4.69, 9.17) is 4.42 Å². The summed E-state index contributed by atoms with van der Waals surface area (Å²) in [5.41, 5.74) is 7.63. The Kier molecular flexibility index (Phi) is 6.83. The first-order valence-corrected chi connectivity index (χ1v) is 13.3. The molecule has 210 valence electrons. The number of alkyl halides is 1. The molecular formula is C29H29FN8O3. The molecule has 4 heterocycles. The molecule has 0 saturated carbocycles. The van der Waals surface area contributed by atoms with Gasteiger partial charge in [-0.15, -0.1) is 10.2 Å². The fourth-order valence-corrected chi connectivity index (χ4v) is 5.37. The number of pyridine rings is 1. The van der Waals surface area contributed by atoms with Crippen molar-refractivity contribution in [3.8, 4) is 11.5 Å². The number of aromatic nitrogens is 2. The largest absolute Gasteiger partial charge is 0.436 e. The van der Waals surface area contributed by atoms with Crippen LogP contribution in [0.1, 0.15) is 41.7 Å². The van der Waals surface area contributed by atoms with Crippen molar-refractivity contribution in [3.05, 3.63) is 78.1 Å². The Labute approximate surface area is 235 Å². The van der Waals surface area contributed by atoms with Gasteiger partial charge in [0.15, 0.2) is 5.58 Å². The Morgan fingerprint density at radius 1 is 1.10 bits per heavy atom. The number of nitrogens with zero attached hydrogens (tertiary/aromatic N) is 5. The molecule has 1 saturated heterocycles. The second-order valence-corrected chi connectivity index (χ2v) is 10.3. The Morgan fingerprint density at radius 2 is 1.88 bits per heavy atom. The van der Waals surface area contributed by atoms with E-state index in [0.29, 0.717) is 34.1 Å². The molecular weight excluding hydrogens is 527 g/mol. The Hall–Kier alpha value is -4.84. The van der Waals surface area contributed by atoms with E-state index in [0.717, 1.165) is 5.56 Å². The quantitative estimate of drug-likeness (QED) is 0.327. The maximum atomic E-state index is 16.7. The van der Waals surface area contributed by atoms with Gasteiger partial charge in [-0.05, 0) is 35.9 Å². The van der Waals surface area contributed by atoms with Crippen LogP contribution in [0.3, 0.4) is 0 Å². The molecule has 0 bridgehead atoms. The first-order valence-electron chi connectivity index (χ1n) is 13.3. The van der Waals surface area contributed by atoms with Crippen LogP contribution in [0.25, 0.3) is 22.6 Å². The minimum absolute atomic E-state index is 0.143. The number of hydrazine groups is 2. The molecule has 6 rings (SSSR count). The molecule has 12 heteroatoms. The van der Waals surface area contributed by atoms with Crippen LogP contribution in [0, 0.1) is 0 Å². The number of carbonyl (C=O) groups excluding carboxylic acids is 2. The number of rotatable bonds is 6. The zero-order valence-electron chi connectivity index (χ0n) is 22.6. The van der Waals surface area contributed by atoms with Crippen LogP contribution >= 0.6 is 0 Å². The van der Waals surface area contributed by atoms with E-state index in [1.54, 1.807) is 47.4 Å². The van der Waals surface area contributed by atoms with Gasteiger partial charge in [0.05, 0.1) is 5.92 Å². The van der Waals surface area contributed by atoms with Gasteiger partial charge in [-0.2, -0.15) is 0 Å². The van der Waals surface area contributed by atoms with Gasteiger partial charge in [-0.1, -0.05) is 30.3 Å². The number of hydrogen-bond acceptors (Lipinski definition) is 9. The normalized spacial score (nSPS) is 17.4. The van der Waals surface area contributed by atoms with Gasteiger partial charge in [0, 0.05) is 57.4 Å². The average molecular weight is 557 g/mol. The van der Waals surface area contributed by atoms with Gasteiger partial charge < -0.3 is 14.6 Å². The molecule has 2 aromatic carbocycles. The molecule has 2 amide bonds. The summed E-state index contributed by atoms with van der Waals surface area (Å²) < 4.78 is 22.6. The number of amides is 2. The smallest absolute Gasteiger partial charge is 0.272 e. The molecule has 1 fully saturated rings. The highest BCUT2D eigenvalue weighted by atomic mass is 19.1. The monoisotopic (exact) mass is 556 g/mol. The highest BCUT2D eigenvalue weighted by Gasteiger charge is 2.47. The molecule has 2 aliphatic heterocycles. The van der Waals surface area contributed by atoms with E-state index < -0.39 is 11.6 Å². The molecule has 1 atom stereocenters. The van der Waals surface area contributed by atoms with Crippen LogP contribution in [-0.2, 0) is 4.79 Å². The minimum atomic E-state index is -1.61. The summed E-state index contributed by atoms with van der Waals surface area (Å²) >= 11 is 0. The molecule has 0 radical (unpaired) electrons. The molecule has 2 aliphatic rings. The summed E-state index contributed by atoms with van der Waals surface area (Å²) in [7, 11) is 1.76. The summed E-state index contributed by atoms with van der Waals surface area (Å²) in [4.78, 5) is 35.3. The molecule has 41 heavy (non-hydrogen) atoms. The van der Waals surface area contributed by atoms with Crippen LogP contribution in [0.15, 0.2) is 76.4 Å². The number of hydrogen-bond donors (Lipinski definition) is 3. The maximum Gasteiger partial charge on any atom is 0.272 e. The third kappa shape index (κ3) is 5.33. The molecule has 0 aliphatic carbocycles. The Balaban J connectivity index is 1.19. The summed E-state index contributed by atoms with van der Waals surface area (Å²) in [5, 5.41) is 8.60. The number of anilines is 1. The molecule has 0 spiro atoms. The second kappa shape index (κ2) is 10.6. The second-order valence-electron chi connectivity index (χ2n) is 10.3. The Bertz CT molecular complexity index is 1630. The van der Waals surface area contributed by atoms with E-state index in [1.807, 2.05) is 30.3 Å². The van der Waals surface area contributed by atoms with Crippen molar-refractivity contribution in [1.82, 2.24) is 30.9 Å². The van der Waals surface area contributed by atoms with E-state index in [2.05, 4.69) is 31.3 Å². The number of likely N-dealkylation sites (tertiary alicyclic amines) is 1. The highest BCUT2D eigenvalue weighted by Crippen LogP contribution is 2.41. The molecule has 3 N–H and O–H groups in total. The van der Waals surface area contributed by atoms with E-state index in [-0.39, 0.29) is 43.4 Å². The first kappa shape index (κ1) is 26.4. The van der Waals surface area contributed by atoms with Crippen LogP contribution in [0.4, 0.5) is 10.1 Å². The van der Waals surface area contributed by atoms with Gasteiger partial charge in [0.25, 0.3) is 5.91 Å². The number of carbonyl (C=O) groups is 2. The molecule has 4 aromatic rings. The SMILES string of the molecule is CC(=O)Nc1ccc2oc(-c3ccnc(C(=O)N4CCC(F)(C(C5=NNN(C)N5)c5ccccc5)CC4)c3)nc2c1. The Morgan fingerprint density at radius 3 is 2.59 bits per heavy atom. The van der Waals surface area contributed by atoms with Crippen LogP contribution < -0.4 is 16.3 Å². The van der Waals surface area contributed by atoms with E-state index >= 15 is 4.39 Å². The number of amidine groups is 1. The number of halogens is 1. The maximum absolute atomic E-state index is 16.7. The van der Waals surface area contributed by atoms with Crippen molar-refractivity contribution >= 4 is 34.4 Å². The van der Waals surface area contributed by atoms with Gasteiger partial charge in [0.2, 0.25) is 11.8 Å². The predicted molar refractivity (Wildman–Crippen MR) is 151 cm³/mol. The average Bonchev–Trinajstić information content (AvgIpc) is 3.59. The lowest BCUT2D eigenvalue weighted by atomic mass is 9.76. The van der Waals surface area contributed by atoms with Gasteiger partial charge in [-0.3, -0.25) is 20.0 Å². The van der Waals surface area contributed by atoms with Crippen LogP contribution in [0.5, 0.6) is 0 Å². The third-order valence-electron chi connectivity index (χ3n) is 7.34. The lowest BCUT2D eigenvalue weighted by molar-refractivity contribution is -0.114. The van der Waals surface area contributed by atoms with Crippen molar-refractivity contribution in [2.24, 2.45) is 5.10 Å². The highest BCUT2D eigenvalue weighted by molar-refractivity contribution is 5.94. The van der Waals surface area contributed by atoms with Crippen molar-refractivity contribution in [3.63, 3.8) is 0 Å². The number of hydrazone groups is 1. The molecule has 2 aromatic heterocycles. The molecule has 11 nitrogen and oxygen atoms in total. The van der Waals surface area contributed by atoms with Crippen molar-refractivity contribution in [1.29, 1.82) is 0 Å². The summed E-state index contributed by atoms with van der Waals surface area (Å²) in [5.74, 6) is -0.265. The van der Waals surface area contributed by atoms with Crippen LogP contribution in [0.2, 0.25) is 0 Å². The van der Waals surface area contributed by atoms with E-state index in [1.165, 1.54) is 13.1 Å². The summed E-state index contributed by atoms with van der Waals surface area (Å²) in [6, 6.07) is 18.0. The zero-order valence-corrected chi connectivity index (χ0v) is 22.6. The number of piperidine rings is 1. The van der Waals surface area contributed by atoms with Gasteiger partial charge >= 0.3 is 0 Å². The van der Waals surface area contributed by atoms with Crippen molar-refractivity contribution in [2.45, 2.75) is 31.4 Å². The lowest BCUT2D eigenvalue weighted by Crippen LogP contribution is -2.51. The zero-order chi connectivity index (χ0) is 28.6. The fraction of sp³-hybridized carbons (Fsp3) is 0.276. The first-order chi connectivity index (χ1) is 19.8. The topological polar surface area (TPSA) is 128 Å². The standard InChI is InChI=1S/C29H29FN8O3/c1-18(39)32-21-8-9-24-22(17-21)33-27(41-24)20-10-13-31-23(16-20)28(40)38-14-11-29(30,12-15-38)25(19-6-4-3-5-7-19)26-34-36-37(2)35-26/h3-10,13,16-17,25,36H,11-12,14-15H2,1-2H3,(H,32,39)(H,34,35). The minimum Gasteiger partial charge on any atom is -0.436 e. The van der Waals surface area contributed by atoms with Gasteiger partial charge in [0.1, 0.15) is 22.7 Å². The summed E-state index contributed by atoms with van der Waals surface area (Å²) in [6.07, 6.45) is 1.82. The molecule has 1 unspecified atom stereocenters. The number of fused-ring (bicyclic) bond motifs is 1. The number of benzene rings is 2. The summed E-state index contributed by atoms with van der Waals surface area (Å²) in [6.45, 7) is 1.90. The van der Waals surface area contributed by atoms with Crippen molar-refractivity contribution < 1.29 is 18.4 Å². The third-order valence-corrected chi connectivity index (χ3v) is 7.34. The van der Waals surface area contributed by atoms with Gasteiger partial charge in [-0.25, -0.2) is 14.9 Å². The lowest BCUT2D eigenvalue weighted by Gasteiger charge is -2.41. The number of oxazole rings is 1.